The highest BCUT2D eigenvalue weighted by Crippen LogP contribution is 2.79. The normalized spacial score (nSPS) is 36.3. The molecule has 5 aliphatic rings. The predicted octanol–water partition coefficient (Wildman–Crippen LogP) is 1.97. The van der Waals surface area contributed by atoms with Gasteiger partial charge in [-0.05, 0) is 18.6 Å². The molecule has 0 saturated heterocycles. The van der Waals surface area contributed by atoms with Gasteiger partial charge in [-0.2, -0.15) is 0 Å². The topological polar surface area (TPSA) is 48.9 Å². The first-order valence-electron chi connectivity index (χ1n) is 8.27. The molecule has 3 heterocycles. The van der Waals surface area contributed by atoms with Crippen LogP contribution in [0, 0.1) is 10.8 Å². The first-order chi connectivity index (χ1) is 11.7. The molecule has 0 amide bonds. The van der Waals surface area contributed by atoms with Crippen molar-refractivity contribution >= 4 is 0 Å². The van der Waals surface area contributed by atoms with Crippen LogP contribution in [0.25, 0.3) is 5.69 Å². The minimum absolute atomic E-state index is 0.0414. The number of allylic oxidation sites excluding steroid dienone is 6. The molecular weight excluding hydrogens is 302 g/mol. The zero-order valence-corrected chi connectivity index (χ0v) is 12.9. The molecule has 2 aromatic rings. The van der Waals surface area contributed by atoms with Gasteiger partial charge in [0.15, 0.2) is 0 Å². The number of hydrogen-bond acceptors (Lipinski definition) is 2. The summed E-state index contributed by atoms with van der Waals surface area (Å²) in [4.78, 5) is 26.2. The molecule has 4 atom stereocenters. The van der Waals surface area contributed by atoms with Crippen LogP contribution in [-0.4, -0.2) is 13.9 Å². The van der Waals surface area contributed by atoms with E-state index in [0.29, 0.717) is 5.69 Å². The van der Waals surface area contributed by atoms with Crippen LogP contribution in [-0.2, 0) is 0 Å². The maximum atomic E-state index is 13.1. The summed E-state index contributed by atoms with van der Waals surface area (Å²) in [5, 5.41) is 0. The van der Waals surface area contributed by atoms with E-state index in [9.17, 15) is 9.59 Å². The number of hydrogen-bond donors (Lipinski definition) is 0. The molecule has 24 heavy (non-hydrogen) atoms. The summed E-state index contributed by atoms with van der Waals surface area (Å²) in [7, 11) is 0. The molecule has 1 aromatic heterocycles. The van der Waals surface area contributed by atoms with Crippen molar-refractivity contribution < 1.29 is 0 Å². The van der Waals surface area contributed by atoms with Crippen LogP contribution in [0.4, 0.5) is 0 Å². The Morgan fingerprint density at radius 2 is 1.38 bits per heavy atom. The lowest BCUT2D eigenvalue weighted by Crippen LogP contribution is -2.48. The van der Waals surface area contributed by atoms with Crippen molar-refractivity contribution in [3.8, 4) is 5.69 Å². The third-order valence-electron chi connectivity index (χ3n) is 6.30. The molecule has 3 aliphatic carbocycles. The van der Waals surface area contributed by atoms with Crippen LogP contribution >= 0.6 is 0 Å². The van der Waals surface area contributed by atoms with Gasteiger partial charge < -0.3 is 0 Å². The Morgan fingerprint density at radius 3 is 1.92 bits per heavy atom. The van der Waals surface area contributed by atoms with E-state index in [1.54, 1.807) is 21.5 Å². The van der Waals surface area contributed by atoms with Crippen molar-refractivity contribution in [3.63, 3.8) is 0 Å². The van der Waals surface area contributed by atoms with Gasteiger partial charge in [-0.3, -0.25) is 0 Å². The highest BCUT2D eigenvalue weighted by atomic mass is 16.2. The van der Waals surface area contributed by atoms with Gasteiger partial charge in [-0.1, -0.05) is 54.7 Å². The minimum atomic E-state index is -0.247. The third-order valence-corrected chi connectivity index (χ3v) is 6.30. The molecule has 0 radical (unpaired) electrons. The van der Waals surface area contributed by atoms with E-state index >= 15 is 0 Å². The number of nitrogens with zero attached hydrogens (tertiary/aromatic N) is 3. The lowest BCUT2D eigenvalue weighted by molar-refractivity contribution is 0.157. The zero-order chi connectivity index (χ0) is 16.1. The van der Waals surface area contributed by atoms with Gasteiger partial charge in [0, 0.05) is 10.8 Å². The Bertz CT molecular complexity index is 1030. The van der Waals surface area contributed by atoms with Gasteiger partial charge in [0.2, 0.25) is 0 Å². The van der Waals surface area contributed by atoms with Gasteiger partial charge in [-0.25, -0.2) is 23.5 Å². The minimum Gasteiger partial charge on any atom is -0.245 e. The first kappa shape index (κ1) is 12.6. The second-order valence-corrected chi connectivity index (χ2v) is 7.18. The number of aromatic nitrogens is 3. The van der Waals surface area contributed by atoms with Gasteiger partial charge in [0.25, 0.3) is 0 Å². The number of rotatable bonds is 1. The molecule has 5 nitrogen and oxygen atoms in total. The van der Waals surface area contributed by atoms with E-state index in [-0.39, 0.29) is 34.3 Å². The van der Waals surface area contributed by atoms with E-state index in [1.165, 1.54) is 4.57 Å². The molecule has 2 aliphatic heterocycles. The summed E-state index contributed by atoms with van der Waals surface area (Å²) in [6.07, 6.45) is 13.8. The molecule has 5 heteroatoms. The Hall–Kier alpha value is -2.82. The SMILES string of the molecule is O=c1n(-c2ccccc2)c(=O)n2n1[C@H]1C=C[C@@H]2[C@@]23C=CC=C[C@@]12C3. The molecule has 1 fully saturated rings. The second-order valence-electron chi connectivity index (χ2n) is 7.18. The van der Waals surface area contributed by atoms with Crippen molar-refractivity contribution in [2.75, 3.05) is 0 Å². The molecule has 1 aromatic carbocycles. The third kappa shape index (κ3) is 1.09. The van der Waals surface area contributed by atoms with E-state index in [4.69, 9.17) is 0 Å². The van der Waals surface area contributed by atoms with Crippen molar-refractivity contribution in [2.24, 2.45) is 10.8 Å². The maximum Gasteiger partial charge on any atom is 0.352 e. The largest absolute Gasteiger partial charge is 0.352 e. The average Bonchev–Trinajstić information content (AvgIpc) is 3.29. The van der Waals surface area contributed by atoms with E-state index in [1.807, 2.05) is 18.2 Å². The van der Waals surface area contributed by atoms with E-state index in [0.717, 1.165) is 6.42 Å². The number of para-hydroxylation sites is 1. The summed E-state index contributed by atoms with van der Waals surface area (Å²) < 4.78 is 4.65. The maximum absolute atomic E-state index is 13.1. The molecule has 0 spiro atoms. The zero-order valence-electron chi connectivity index (χ0n) is 12.9. The van der Waals surface area contributed by atoms with Crippen molar-refractivity contribution in [2.45, 2.75) is 18.5 Å². The highest BCUT2D eigenvalue weighted by Gasteiger charge is 2.76. The Morgan fingerprint density at radius 1 is 0.833 bits per heavy atom. The van der Waals surface area contributed by atoms with Gasteiger partial charge in [-0.15, -0.1) is 0 Å². The summed E-state index contributed by atoms with van der Waals surface area (Å²) in [5.74, 6) is 0. The van der Waals surface area contributed by atoms with Gasteiger partial charge >= 0.3 is 11.4 Å². The summed E-state index contributed by atoms with van der Waals surface area (Å²) >= 11 is 0. The number of benzene rings is 1. The van der Waals surface area contributed by atoms with Crippen molar-refractivity contribution in [1.82, 2.24) is 13.9 Å². The fourth-order valence-electron chi connectivity index (χ4n) is 5.21. The Balaban J connectivity index is 1.69. The average molecular weight is 317 g/mol. The van der Waals surface area contributed by atoms with Gasteiger partial charge in [0.1, 0.15) is 0 Å². The fourth-order valence-corrected chi connectivity index (χ4v) is 5.21. The Kier molecular flexibility index (Phi) is 1.91. The molecule has 1 saturated carbocycles. The molecule has 7 rings (SSSR count). The molecule has 2 bridgehead atoms. The van der Waals surface area contributed by atoms with Gasteiger partial charge in [0.05, 0.1) is 17.8 Å². The molecule has 0 unspecified atom stereocenters. The standard InChI is InChI=1S/C19H15N3O2/c23-16-20(13-6-2-1-3-7-13)17(24)22-15-9-8-14(21(16)22)18-10-4-5-11-19(15,18)12-18/h1-11,14-15H,12H2/t14-,15+,18+,19-. The van der Waals surface area contributed by atoms with Crippen LogP contribution in [0.3, 0.4) is 0 Å². The van der Waals surface area contributed by atoms with Crippen molar-refractivity contribution in [1.29, 1.82) is 0 Å². The van der Waals surface area contributed by atoms with Crippen LogP contribution in [0.15, 0.2) is 76.4 Å². The summed E-state index contributed by atoms with van der Waals surface area (Å²) in [6.45, 7) is 0. The Labute approximate surface area is 137 Å². The van der Waals surface area contributed by atoms with Crippen LogP contribution in [0.2, 0.25) is 0 Å². The quantitative estimate of drug-likeness (QED) is 0.755. The highest BCUT2D eigenvalue weighted by molar-refractivity contribution is 5.47. The first-order valence-corrected chi connectivity index (χ1v) is 8.27. The lowest BCUT2D eigenvalue weighted by Gasteiger charge is -2.43. The summed E-state index contributed by atoms with van der Waals surface area (Å²) in [5.41, 5.74) is 0.0476. The fraction of sp³-hybridized carbons (Fsp3) is 0.263. The smallest absolute Gasteiger partial charge is 0.245 e. The molecular formula is C19H15N3O2. The predicted molar refractivity (Wildman–Crippen MR) is 89.3 cm³/mol. The van der Waals surface area contributed by atoms with Crippen molar-refractivity contribution in [3.05, 3.63) is 87.8 Å². The summed E-state index contributed by atoms with van der Waals surface area (Å²) in [6, 6.07) is 8.99. The van der Waals surface area contributed by atoms with Crippen LogP contribution in [0.1, 0.15) is 18.5 Å². The molecule has 118 valence electrons. The molecule has 0 N–H and O–H groups in total. The van der Waals surface area contributed by atoms with E-state index < -0.39 is 0 Å². The monoisotopic (exact) mass is 317 g/mol. The van der Waals surface area contributed by atoms with Crippen LogP contribution < -0.4 is 11.4 Å². The van der Waals surface area contributed by atoms with E-state index in [2.05, 4.69) is 36.5 Å². The van der Waals surface area contributed by atoms with Crippen LogP contribution in [0.5, 0.6) is 0 Å². The second kappa shape index (κ2) is 3.64. The lowest BCUT2D eigenvalue weighted by atomic mass is 9.73.